The standard InChI is InChI=1S/C14H10N6O3/c21-14(9-1-2-10-11(3-9)23-8-22-10)19-12-4-13(17-6-16-12)20-7-15-5-18-20/h1-7H,8H2,(H,16,17,19,21). The number of nitrogens with one attached hydrogen (secondary N) is 1. The third-order valence-corrected chi connectivity index (χ3v) is 3.18. The maximum Gasteiger partial charge on any atom is 0.256 e. The quantitative estimate of drug-likeness (QED) is 0.770. The van der Waals surface area contributed by atoms with Gasteiger partial charge in [-0.15, -0.1) is 0 Å². The lowest BCUT2D eigenvalue weighted by atomic mass is 10.2. The van der Waals surface area contributed by atoms with Crippen molar-refractivity contribution in [2.75, 3.05) is 12.1 Å². The Morgan fingerprint density at radius 1 is 1.13 bits per heavy atom. The Balaban J connectivity index is 1.56. The molecule has 23 heavy (non-hydrogen) atoms. The lowest BCUT2D eigenvalue weighted by molar-refractivity contribution is 0.102. The molecule has 0 radical (unpaired) electrons. The van der Waals surface area contributed by atoms with Gasteiger partial charge in [0.1, 0.15) is 24.8 Å². The van der Waals surface area contributed by atoms with Gasteiger partial charge in [-0.25, -0.2) is 19.6 Å². The van der Waals surface area contributed by atoms with Crippen molar-refractivity contribution in [2.24, 2.45) is 0 Å². The molecule has 0 saturated heterocycles. The molecule has 0 saturated carbocycles. The number of anilines is 1. The largest absolute Gasteiger partial charge is 0.454 e. The third-order valence-electron chi connectivity index (χ3n) is 3.18. The van der Waals surface area contributed by atoms with Gasteiger partial charge in [-0.1, -0.05) is 0 Å². The zero-order valence-electron chi connectivity index (χ0n) is 11.7. The molecule has 0 fully saturated rings. The molecule has 1 aliphatic rings. The summed E-state index contributed by atoms with van der Waals surface area (Å²) in [5.41, 5.74) is 0.440. The van der Waals surface area contributed by atoms with Crippen molar-refractivity contribution < 1.29 is 14.3 Å². The highest BCUT2D eigenvalue weighted by Gasteiger charge is 2.16. The smallest absolute Gasteiger partial charge is 0.256 e. The summed E-state index contributed by atoms with van der Waals surface area (Å²) in [6, 6.07) is 6.57. The Labute approximate surface area is 129 Å². The summed E-state index contributed by atoms with van der Waals surface area (Å²) in [7, 11) is 0. The maximum absolute atomic E-state index is 12.3. The molecule has 0 atom stereocenters. The van der Waals surface area contributed by atoms with Crippen LogP contribution in [0.15, 0.2) is 43.2 Å². The first kappa shape index (κ1) is 13.2. The van der Waals surface area contributed by atoms with E-state index in [1.54, 1.807) is 24.3 Å². The van der Waals surface area contributed by atoms with E-state index >= 15 is 0 Å². The Morgan fingerprint density at radius 2 is 2.04 bits per heavy atom. The van der Waals surface area contributed by atoms with Gasteiger partial charge in [0.05, 0.1) is 0 Å². The van der Waals surface area contributed by atoms with E-state index < -0.39 is 0 Å². The molecule has 1 aliphatic heterocycles. The molecule has 3 heterocycles. The SMILES string of the molecule is O=C(Nc1cc(-n2cncn2)ncn1)c1ccc2c(c1)OCO2. The van der Waals surface area contributed by atoms with Gasteiger partial charge in [-0.05, 0) is 18.2 Å². The van der Waals surface area contributed by atoms with E-state index in [1.165, 1.54) is 23.7 Å². The number of benzene rings is 1. The molecule has 0 bridgehead atoms. The van der Waals surface area contributed by atoms with Crippen LogP contribution in [0.5, 0.6) is 11.5 Å². The Morgan fingerprint density at radius 3 is 2.91 bits per heavy atom. The summed E-state index contributed by atoms with van der Waals surface area (Å²) in [5, 5.41) is 6.68. The second-order valence-corrected chi connectivity index (χ2v) is 4.62. The van der Waals surface area contributed by atoms with Gasteiger partial charge in [0.15, 0.2) is 17.3 Å². The van der Waals surface area contributed by atoms with E-state index in [9.17, 15) is 4.79 Å². The normalized spacial score (nSPS) is 12.2. The summed E-state index contributed by atoms with van der Waals surface area (Å²) in [4.78, 5) is 24.3. The maximum atomic E-state index is 12.3. The molecule has 1 N–H and O–H groups in total. The highest BCUT2D eigenvalue weighted by Crippen LogP contribution is 2.32. The van der Waals surface area contributed by atoms with Gasteiger partial charge in [-0.2, -0.15) is 5.10 Å². The topological polar surface area (TPSA) is 104 Å². The van der Waals surface area contributed by atoms with E-state index in [2.05, 4.69) is 25.4 Å². The van der Waals surface area contributed by atoms with Crippen LogP contribution in [-0.4, -0.2) is 37.4 Å². The van der Waals surface area contributed by atoms with Gasteiger partial charge in [0.2, 0.25) is 6.79 Å². The van der Waals surface area contributed by atoms with Crippen LogP contribution in [0.25, 0.3) is 5.82 Å². The molecular weight excluding hydrogens is 300 g/mol. The Kier molecular flexibility index (Phi) is 3.08. The number of aromatic nitrogens is 5. The predicted molar refractivity (Wildman–Crippen MR) is 77.5 cm³/mol. The fraction of sp³-hybridized carbons (Fsp3) is 0.0714. The second-order valence-electron chi connectivity index (χ2n) is 4.62. The van der Waals surface area contributed by atoms with Crippen LogP contribution < -0.4 is 14.8 Å². The number of ether oxygens (including phenoxy) is 2. The van der Waals surface area contributed by atoms with Crippen molar-refractivity contribution in [1.82, 2.24) is 24.7 Å². The molecule has 0 aliphatic carbocycles. The van der Waals surface area contributed by atoms with E-state index in [1.807, 2.05) is 0 Å². The highest BCUT2D eigenvalue weighted by atomic mass is 16.7. The number of hydrogen-bond donors (Lipinski definition) is 1. The number of amides is 1. The van der Waals surface area contributed by atoms with Crippen LogP contribution in [0.4, 0.5) is 5.82 Å². The number of rotatable bonds is 3. The van der Waals surface area contributed by atoms with E-state index in [0.717, 1.165) is 0 Å². The molecule has 2 aromatic heterocycles. The molecule has 3 aromatic rings. The van der Waals surface area contributed by atoms with E-state index in [4.69, 9.17) is 9.47 Å². The molecule has 9 nitrogen and oxygen atoms in total. The number of fused-ring (bicyclic) bond motifs is 1. The summed E-state index contributed by atoms with van der Waals surface area (Å²) in [5.74, 6) is 1.71. The van der Waals surface area contributed by atoms with Gasteiger partial charge >= 0.3 is 0 Å². The summed E-state index contributed by atoms with van der Waals surface area (Å²) < 4.78 is 11.9. The molecule has 0 spiro atoms. The molecule has 1 aromatic carbocycles. The van der Waals surface area contributed by atoms with E-state index in [0.29, 0.717) is 28.7 Å². The summed E-state index contributed by atoms with van der Waals surface area (Å²) in [6.07, 6.45) is 4.24. The first-order chi connectivity index (χ1) is 11.3. The predicted octanol–water partition coefficient (Wildman–Crippen LogP) is 1.04. The van der Waals surface area contributed by atoms with Crippen molar-refractivity contribution in [3.63, 3.8) is 0 Å². The van der Waals surface area contributed by atoms with Gasteiger partial charge in [0.25, 0.3) is 5.91 Å². The van der Waals surface area contributed by atoms with Gasteiger partial charge in [0, 0.05) is 11.6 Å². The first-order valence-corrected chi connectivity index (χ1v) is 6.68. The van der Waals surface area contributed by atoms with Crippen molar-refractivity contribution >= 4 is 11.7 Å². The number of hydrogen-bond acceptors (Lipinski definition) is 7. The zero-order chi connectivity index (χ0) is 15.6. The summed E-state index contributed by atoms with van der Waals surface area (Å²) >= 11 is 0. The van der Waals surface area contributed by atoms with Crippen LogP contribution in [-0.2, 0) is 0 Å². The molecule has 9 heteroatoms. The number of nitrogens with zero attached hydrogens (tertiary/aromatic N) is 5. The number of carbonyl (C=O) groups excluding carboxylic acids is 1. The van der Waals surface area contributed by atoms with Crippen molar-refractivity contribution in [1.29, 1.82) is 0 Å². The third kappa shape index (κ3) is 2.55. The zero-order valence-corrected chi connectivity index (χ0v) is 11.7. The van der Waals surface area contributed by atoms with Crippen molar-refractivity contribution in [3.8, 4) is 17.3 Å². The Bertz CT molecular complexity index is 865. The average Bonchev–Trinajstić information content (AvgIpc) is 3.26. The first-order valence-electron chi connectivity index (χ1n) is 6.68. The summed E-state index contributed by atoms with van der Waals surface area (Å²) in [6.45, 7) is 0.160. The van der Waals surface area contributed by atoms with Gasteiger partial charge < -0.3 is 14.8 Å². The number of carbonyl (C=O) groups is 1. The fourth-order valence-corrected chi connectivity index (χ4v) is 2.09. The molecule has 114 valence electrons. The lowest BCUT2D eigenvalue weighted by Crippen LogP contribution is -2.13. The molecule has 4 rings (SSSR count). The molecule has 1 amide bonds. The van der Waals surface area contributed by atoms with E-state index in [-0.39, 0.29) is 12.7 Å². The van der Waals surface area contributed by atoms with Gasteiger partial charge in [-0.3, -0.25) is 4.79 Å². The van der Waals surface area contributed by atoms with Crippen LogP contribution in [0, 0.1) is 0 Å². The minimum atomic E-state index is -0.313. The minimum absolute atomic E-state index is 0.160. The second kappa shape index (κ2) is 5.37. The van der Waals surface area contributed by atoms with Crippen molar-refractivity contribution in [3.05, 3.63) is 48.8 Å². The lowest BCUT2D eigenvalue weighted by Gasteiger charge is -2.06. The Hall–Kier alpha value is -3.49. The average molecular weight is 310 g/mol. The van der Waals surface area contributed by atoms with Crippen LogP contribution in [0.3, 0.4) is 0 Å². The molecule has 0 unspecified atom stereocenters. The minimum Gasteiger partial charge on any atom is -0.454 e. The fourth-order valence-electron chi connectivity index (χ4n) is 2.09. The van der Waals surface area contributed by atoms with Crippen LogP contribution in [0.1, 0.15) is 10.4 Å². The highest BCUT2D eigenvalue weighted by molar-refractivity contribution is 6.04. The monoisotopic (exact) mass is 310 g/mol. The van der Waals surface area contributed by atoms with Crippen LogP contribution >= 0.6 is 0 Å². The molecular formula is C14H10N6O3. The van der Waals surface area contributed by atoms with Crippen LogP contribution in [0.2, 0.25) is 0 Å². The van der Waals surface area contributed by atoms with Crippen molar-refractivity contribution in [2.45, 2.75) is 0 Å².